The number of hydrogen-bond acceptors (Lipinski definition) is 6. The van der Waals surface area contributed by atoms with Gasteiger partial charge in [-0.1, -0.05) is 18.2 Å². The number of piperazine rings is 1. The van der Waals surface area contributed by atoms with Crippen LogP contribution >= 0.6 is 23.4 Å². The summed E-state index contributed by atoms with van der Waals surface area (Å²) in [7, 11) is 4.16. The number of nitrogens with zero attached hydrogens (tertiary/aromatic N) is 5. The maximum absolute atomic E-state index is 6.64. The Kier molecular flexibility index (Phi) is 3.82. The maximum atomic E-state index is 6.64. The molecule has 0 radical (unpaired) electrons. The molecule has 2 atom stereocenters. The van der Waals surface area contributed by atoms with Crippen LogP contribution in [0.4, 0.5) is 5.82 Å². The summed E-state index contributed by atoms with van der Waals surface area (Å²) in [6.07, 6.45) is 0. The summed E-state index contributed by atoms with van der Waals surface area (Å²) < 4.78 is 0. The lowest BCUT2D eigenvalue weighted by molar-refractivity contribution is 0.116. The Hall–Kier alpha value is -1.24. The fraction of sp³-hybridized carbons (Fsp3) is 0.529. The number of rotatable bonds is 0. The number of hydrogen-bond donors (Lipinski definition) is 0. The number of aromatic nitrogens is 1. The Morgan fingerprint density at radius 1 is 1.29 bits per heavy atom. The largest absolute Gasteiger partial charge is 0.347 e. The zero-order valence-electron chi connectivity index (χ0n) is 14.5. The summed E-state index contributed by atoms with van der Waals surface area (Å²) >= 11 is 8.47. The van der Waals surface area contributed by atoms with Crippen molar-refractivity contribution in [3.05, 3.63) is 28.7 Å². The lowest BCUT2D eigenvalue weighted by atomic mass is 10.0. The second-order valence-electron chi connectivity index (χ2n) is 6.89. The topological polar surface area (TPSA) is 35.0 Å². The van der Waals surface area contributed by atoms with E-state index in [-0.39, 0.29) is 0 Å². The predicted octanol–water partition coefficient (Wildman–Crippen LogP) is 2.82. The highest BCUT2D eigenvalue weighted by atomic mass is 35.5. The normalized spacial score (nSPS) is 26.7. The van der Waals surface area contributed by atoms with Crippen LogP contribution in [-0.2, 0) is 0 Å². The first-order valence-electron chi connectivity index (χ1n) is 8.20. The van der Waals surface area contributed by atoms with Crippen LogP contribution in [-0.4, -0.2) is 65.6 Å². The number of aliphatic imine (C=N–C) groups is 1. The summed E-state index contributed by atoms with van der Waals surface area (Å²) in [5, 5.41) is 0.758. The first kappa shape index (κ1) is 16.2. The predicted molar refractivity (Wildman–Crippen MR) is 101 cm³/mol. The standard InChI is InChI=1S/C17H22ClN5S/c1-9-6-21(4)7-12-8-24-15-13-16(19-10(2)14(15)18)22(5)11(3)20-17(13)23(9)12/h9,12H,3,6-8H2,1-2,4-5H3. The SMILES string of the molecule is C=C1N=C2c3c(nc(C)c(Cl)c3SCC3CN(C)CC(C)N23)N1C. The maximum Gasteiger partial charge on any atom is 0.146 e. The highest BCUT2D eigenvalue weighted by Gasteiger charge is 2.41. The zero-order chi connectivity index (χ0) is 17.2. The number of aryl methyl sites for hydroxylation is 1. The molecule has 24 heavy (non-hydrogen) atoms. The molecule has 0 aromatic carbocycles. The van der Waals surface area contributed by atoms with Gasteiger partial charge in [0.25, 0.3) is 0 Å². The molecule has 3 aliphatic rings. The van der Waals surface area contributed by atoms with Gasteiger partial charge in [0.05, 0.1) is 22.3 Å². The number of pyridine rings is 1. The van der Waals surface area contributed by atoms with E-state index in [1.165, 1.54) is 0 Å². The Morgan fingerprint density at radius 3 is 2.79 bits per heavy atom. The lowest BCUT2D eigenvalue weighted by Gasteiger charge is -2.46. The number of amidine groups is 1. The van der Waals surface area contributed by atoms with E-state index in [0.717, 1.165) is 57.5 Å². The van der Waals surface area contributed by atoms with Gasteiger partial charge in [0.15, 0.2) is 0 Å². The van der Waals surface area contributed by atoms with Crippen LogP contribution in [0.25, 0.3) is 0 Å². The second kappa shape index (κ2) is 5.64. The molecule has 1 aromatic rings. The molecule has 1 saturated heterocycles. The minimum Gasteiger partial charge on any atom is -0.347 e. The van der Waals surface area contributed by atoms with E-state index in [9.17, 15) is 0 Å². The van der Waals surface area contributed by atoms with E-state index in [4.69, 9.17) is 21.6 Å². The average Bonchev–Trinajstić information content (AvgIpc) is 2.67. The molecular weight excluding hydrogens is 342 g/mol. The van der Waals surface area contributed by atoms with Gasteiger partial charge in [-0.25, -0.2) is 9.98 Å². The third-order valence-corrected chi connectivity index (χ3v) is 6.86. The number of likely N-dealkylation sites (N-methyl/N-ethyl adjacent to an activating group) is 1. The van der Waals surface area contributed by atoms with Crippen molar-refractivity contribution in [2.45, 2.75) is 30.8 Å². The third-order valence-electron chi connectivity index (χ3n) is 5.04. The van der Waals surface area contributed by atoms with Crippen LogP contribution in [0.5, 0.6) is 0 Å². The Balaban J connectivity index is 1.96. The molecule has 0 saturated carbocycles. The molecule has 4 rings (SSSR count). The van der Waals surface area contributed by atoms with E-state index in [1.54, 1.807) is 0 Å². The van der Waals surface area contributed by atoms with Crippen molar-refractivity contribution in [3.8, 4) is 0 Å². The minimum absolute atomic E-state index is 0.392. The molecule has 0 bridgehead atoms. The fourth-order valence-corrected chi connectivity index (χ4v) is 5.42. The summed E-state index contributed by atoms with van der Waals surface area (Å²) in [6, 6.07) is 0.804. The van der Waals surface area contributed by atoms with Crippen LogP contribution in [0, 0.1) is 6.92 Å². The molecule has 2 unspecified atom stereocenters. The van der Waals surface area contributed by atoms with Gasteiger partial charge in [0, 0.05) is 36.8 Å². The molecule has 5 nitrogen and oxygen atoms in total. The van der Waals surface area contributed by atoms with E-state index < -0.39 is 0 Å². The molecule has 4 heterocycles. The Labute approximate surface area is 152 Å². The zero-order valence-corrected chi connectivity index (χ0v) is 16.1. The summed E-state index contributed by atoms with van der Waals surface area (Å²) in [5.41, 5.74) is 1.94. The van der Waals surface area contributed by atoms with Crippen LogP contribution in [0.15, 0.2) is 22.3 Å². The van der Waals surface area contributed by atoms with Gasteiger partial charge >= 0.3 is 0 Å². The number of halogens is 1. The highest BCUT2D eigenvalue weighted by Crippen LogP contribution is 2.44. The molecule has 128 valence electrons. The number of thioether (sulfide) groups is 1. The molecule has 3 aliphatic heterocycles. The quantitative estimate of drug-likeness (QED) is 0.708. The van der Waals surface area contributed by atoms with Gasteiger partial charge in [-0.15, -0.1) is 11.8 Å². The van der Waals surface area contributed by atoms with E-state index in [0.29, 0.717) is 12.1 Å². The van der Waals surface area contributed by atoms with Crippen LogP contribution < -0.4 is 4.90 Å². The van der Waals surface area contributed by atoms with Gasteiger partial charge in [-0.3, -0.25) is 0 Å². The lowest BCUT2D eigenvalue weighted by Crippen LogP contribution is -2.59. The second-order valence-corrected chi connectivity index (χ2v) is 8.30. The summed E-state index contributed by atoms with van der Waals surface area (Å²) in [4.78, 5) is 17.6. The molecule has 0 aliphatic carbocycles. The van der Waals surface area contributed by atoms with Crippen molar-refractivity contribution >= 4 is 35.0 Å². The number of anilines is 1. The molecule has 7 heteroatoms. The monoisotopic (exact) mass is 363 g/mol. The van der Waals surface area contributed by atoms with Crippen molar-refractivity contribution in [3.63, 3.8) is 0 Å². The van der Waals surface area contributed by atoms with Crippen molar-refractivity contribution < 1.29 is 0 Å². The Morgan fingerprint density at radius 2 is 2.04 bits per heavy atom. The van der Waals surface area contributed by atoms with Gasteiger partial charge in [0.1, 0.15) is 17.5 Å². The van der Waals surface area contributed by atoms with E-state index in [2.05, 4.69) is 30.4 Å². The van der Waals surface area contributed by atoms with Crippen LogP contribution in [0.1, 0.15) is 18.2 Å². The molecular formula is C17H22ClN5S. The smallest absolute Gasteiger partial charge is 0.146 e. The van der Waals surface area contributed by atoms with E-state index in [1.807, 2.05) is 30.6 Å². The first-order valence-corrected chi connectivity index (χ1v) is 9.56. The summed E-state index contributed by atoms with van der Waals surface area (Å²) in [5.74, 6) is 3.64. The molecule has 0 amide bonds. The summed E-state index contributed by atoms with van der Waals surface area (Å²) in [6.45, 7) is 10.4. The van der Waals surface area contributed by atoms with Crippen LogP contribution in [0.2, 0.25) is 5.02 Å². The molecule has 0 N–H and O–H groups in total. The van der Waals surface area contributed by atoms with Crippen molar-refractivity contribution in [2.24, 2.45) is 4.99 Å². The van der Waals surface area contributed by atoms with Gasteiger partial charge in [-0.2, -0.15) is 0 Å². The minimum atomic E-state index is 0.392. The third kappa shape index (κ3) is 2.27. The van der Waals surface area contributed by atoms with Crippen LogP contribution in [0.3, 0.4) is 0 Å². The van der Waals surface area contributed by atoms with Gasteiger partial charge in [0.2, 0.25) is 0 Å². The molecule has 1 aromatic heterocycles. The van der Waals surface area contributed by atoms with E-state index >= 15 is 0 Å². The van der Waals surface area contributed by atoms with Crippen molar-refractivity contribution in [1.82, 2.24) is 14.8 Å². The fourth-order valence-electron chi connectivity index (χ4n) is 3.90. The van der Waals surface area contributed by atoms with Gasteiger partial charge in [-0.05, 0) is 20.9 Å². The molecule has 0 spiro atoms. The van der Waals surface area contributed by atoms with Gasteiger partial charge < -0.3 is 14.7 Å². The van der Waals surface area contributed by atoms with Crippen molar-refractivity contribution in [2.75, 3.05) is 37.8 Å². The number of fused-ring (bicyclic) bond motifs is 2. The Bertz CT molecular complexity index is 762. The first-order chi connectivity index (χ1) is 11.4. The highest BCUT2D eigenvalue weighted by molar-refractivity contribution is 7.99. The van der Waals surface area contributed by atoms with Crippen molar-refractivity contribution in [1.29, 1.82) is 0 Å². The average molecular weight is 364 g/mol. The molecule has 1 fully saturated rings.